The van der Waals surface area contributed by atoms with Crippen LogP contribution in [0.4, 0.5) is 0 Å². The highest BCUT2D eigenvalue weighted by Crippen LogP contribution is 2.49. The van der Waals surface area contributed by atoms with Gasteiger partial charge >= 0.3 is 0 Å². The summed E-state index contributed by atoms with van der Waals surface area (Å²) in [5, 5.41) is 11.8. The van der Waals surface area contributed by atoms with E-state index >= 15 is 0 Å². The summed E-state index contributed by atoms with van der Waals surface area (Å²) < 4.78 is 0. The quantitative estimate of drug-likeness (QED) is 0.869. The molecule has 1 N–H and O–H groups in total. The molecule has 2 aromatic carbocycles. The molecule has 2 aliphatic rings. The fourth-order valence-corrected chi connectivity index (χ4v) is 5.12. The molecule has 0 radical (unpaired) electrons. The highest BCUT2D eigenvalue weighted by atomic mass is 16.3. The van der Waals surface area contributed by atoms with Crippen molar-refractivity contribution in [2.45, 2.75) is 30.8 Å². The van der Waals surface area contributed by atoms with Crippen LogP contribution in [0.1, 0.15) is 25.0 Å². The number of likely N-dealkylation sites (tertiary alicyclic amines) is 2. The smallest absolute Gasteiger partial charge is 0.219 e. The lowest BCUT2D eigenvalue weighted by Gasteiger charge is -2.62. The van der Waals surface area contributed by atoms with Crippen LogP contribution in [0.15, 0.2) is 60.7 Å². The van der Waals surface area contributed by atoms with Crippen molar-refractivity contribution < 1.29 is 14.7 Å². The van der Waals surface area contributed by atoms with Crippen LogP contribution in [-0.2, 0) is 20.4 Å². The van der Waals surface area contributed by atoms with Crippen LogP contribution in [0.2, 0.25) is 0 Å². The predicted molar refractivity (Wildman–Crippen MR) is 107 cm³/mol. The van der Waals surface area contributed by atoms with Crippen molar-refractivity contribution in [1.82, 2.24) is 9.80 Å². The molecule has 2 bridgehead atoms. The third-order valence-corrected chi connectivity index (χ3v) is 6.53. The molecule has 0 spiro atoms. The molecule has 2 saturated heterocycles. The normalized spacial score (nSPS) is 29.5. The van der Waals surface area contributed by atoms with Gasteiger partial charge in [0.15, 0.2) is 0 Å². The highest BCUT2D eigenvalue weighted by Gasteiger charge is 2.62. The van der Waals surface area contributed by atoms with Crippen LogP contribution in [-0.4, -0.2) is 59.0 Å². The number of piperidine rings is 2. The predicted octanol–water partition coefficient (Wildman–Crippen LogP) is 1.95. The van der Waals surface area contributed by atoms with Crippen molar-refractivity contribution in [2.75, 3.05) is 26.2 Å². The standard InChI is InChI=1S/C23H26N2O3/c1-17(26)24-13-22(19-9-5-3-6-10-19)15-25(18(2)27)16-23(14-24,21(22)28)20-11-7-4-8-12-20/h3-12,21,28H,13-16H2,1-2H3. The number of hydrogen-bond donors (Lipinski definition) is 1. The van der Waals surface area contributed by atoms with Gasteiger partial charge in [-0.05, 0) is 11.1 Å². The van der Waals surface area contributed by atoms with Gasteiger partial charge in [0.05, 0.1) is 16.9 Å². The molecule has 0 unspecified atom stereocenters. The zero-order valence-corrected chi connectivity index (χ0v) is 16.3. The van der Waals surface area contributed by atoms with Gasteiger partial charge in [-0.1, -0.05) is 60.7 Å². The Morgan fingerprint density at radius 2 is 1.07 bits per heavy atom. The minimum Gasteiger partial charge on any atom is -0.391 e. The number of aliphatic hydroxyl groups is 1. The minimum atomic E-state index is -0.731. The zero-order chi connectivity index (χ0) is 19.9. The number of carbonyl (C=O) groups excluding carboxylic acids is 2. The van der Waals surface area contributed by atoms with Gasteiger partial charge in [-0.15, -0.1) is 0 Å². The Kier molecular flexibility index (Phi) is 4.50. The summed E-state index contributed by atoms with van der Waals surface area (Å²) in [5.41, 5.74) is 0.454. The lowest BCUT2D eigenvalue weighted by atomic mass is 9.56. The third-order valence-electron chi connectivity index (χ3n) is 6.53. The molecule has 2 amide bonds. The van der Waals surface area contributed by atoms with Gasteiger partial charge in [0, 0.05) is 40.0 Å². The van der Waals surface area contributed by atoms with Crippen molar-refractivity contribution in [2.24, 2.45) is 0 Å². The minimum absolute atomic E-state index is 0.0104. The van der Waals surface area contributed by atoms with Crippen LogP contribution in [0.5, 0.6) is 0 Å². The number of fused-ring (bicyclic) bond motifs is 2. The molecular formula is C23H26N2O3. The monoisotopic (exact) mass is 378 g/mol. The van der Waals surface area contributed by atoms with E-state index in [-0.39, 0.29) is 11.8 Å². The van der Waals surface area contributed by atoms with E-state index in [1.54, 1.807) is 13.8 Å². The van der Waals surface area contributed by atoms with Gasteiger partial charge in [0.1, 0.15) is 0 Å². The lowest BCUT2D eigenvalue weighted by Crippen LogP contribution is -2.76. The first kappa shape index (κ1) is 18.7. The Morgan fingerprint density at radius 3 is 1.36 bits per heavy atom. The first-order valence-electron chi connectivity index (χ1n) is 9.69. The largest absolute Gasteiger partial charge is 0.391 e. The topological polar surface area (TPSA) is 60.9 Å². The van der Waals surface area contributed by atoms with E-state index in [4.69, 9.17) is 0 Å². The second-order valence-corrected chi connectivity index (χ2v) is 8.20. The Hall–Kier alpha value is -2.66. The molecule has 0 aromatic heterocycles. The number of carbonyl (C=O) groups is 2. The molecule has 0 aliphatic carbocycles. The molecule has 0 atom stereocenters. The number of hydrogen-bond acceptors (Lipinski definition) is 3. The maximum atomic E-state index is 12.5. The summed E-state index contributed by atoms with van der Waals surface area (Å²) in [7, 11) is 0. The second kappa shape index (κ2) is 6.74. The van der Waals surface area contributed by atoms with Gasteiger partial charge in [-0.3, -0.25) is 9.59 Å². The van der Waals surface area contributed by atoms with Crippen molar-refractivity contribution in [3.63, 3.8) is 0 Å². The summed E-state index contributed by atoms with van der Waals surface area (Å²) in [4.78, 5) is 28.6. The SMILES string of the molecule is CC(=O)N1CC2(c3ccccc3)CN(C(C)=O)CC(c3ccccc3)(C1)C2O. The average molecular weight is 378 g/mol. The van der Waals surface area contributed by atoms with Crippen molar-refractivity contribution in [3.8, 4) is 0 Å². The van der Waals surface area contributed by atoms with E-state index in [2.05, 4.69) is 0 Å². The highest BCUT2D eigenvalue weighted by molar-refractivity contribution is 5.76. The van der Waals surface area contributed by atoms with Crippen LogP contribution in [0.25, 0.3) is 0 Å². The third kappa shape index (κ3) is 2.73. The van der Waals surface area contributed by atoms with Crippen molar-refractivity contribution in [3.05, 3.63) is 71.8 Å². The van der Waals surface area contributed by atoms with E-state index in [0.29, 0.717) is 26.2 Å². The molecule has 2 aromatic rings. The van der Waals surface area contributed by atoms with Crippen LogP contribution >= 0.6 is 0 Å². The maximum Gasteiger partial charge on any atom is 0.219 e. The fraction of sp³-hybridized carbons (Fsp3) is 0.391. The molecule has 0 saturated carbocycles. The van der Waals surface area contributed by atoms with Crippen LogP contribution < -0.4 is 0 Å². The number of rotatable bonds is 2. The number of aliphatic hydroxyl groups excluding tert-OH is 1. The Bertz CT molecular complexity index is 796. The van der Waals surface area contributed by atoms with E-state index in [1.807, 2.05) is 70.5 Å². The summed E-state index contributed by atoms with van der Waals surface area (Å²) in [6.07, 6.45) is -0.712. The Labute approximate surface area is 165 Å². The molecule has 5 nitrogen and oxygen atoms in total. The fourth-order valence-electron chi connectivity index (χ4n) is 5.12. The molecule has 28 heavy (non-hydrogen) atoms. The van der Waals surface area contributed by atoms with Gasteiger partial charge in [0.25, 0.3) is 0 Å². The van der Waals surface area contributed by atoms with Gasteiger partial charge in [-0.25, -0.2) is 0 Å². The number of benzene rings is 2. The van der Waals surface area contributed by atoms with Gasteiger partial charge < -0.3 is 14.9 Å². The van der Waals surface area contributed by atoms with Crippen LogP contribution in [0.3, 0.4) is 0 Å². The maximum absolute atomic E-state index is 12.5. The molecule has 2 fully saturated rings. The molecule has 4 rings (SSSR count). The number of amides is 2. The molecule has 2 heterocycles. The van der Waals surface area contributed by atoms with Crippen molar-refractivity contribution >= 4 is 11.8 Å². The van der Waals surface area contributed by atoms with Crippen molar-refractivity contribution in [1.29, 1.82) is 0 Å². The average Bonchev–Trinajstić information content (AvgIpc) is 2.69. The summed E-state index contributed by atoms with van der Waals surface area (Å²) in [5.74, 6) is -0.0208. The van der Waals surface area contributed by atoms with E-state index in [9.17, 15) is 14.7 Å². The first-order chi connectivity index (χ1) is 13.4. The van der Waals surface area contributed by atoms with E-state index in [1.165, 1.54) is 0 Å². The van der Waals surface area contributed by atoms with E-state index < -0.39 is 16.9 Å². The second-order valence-electron chi connectivity index (χ2n) is 8.20. The molecular weight excluding hydrogens is 352 g/mol. The Balaban J connectivity index is 1.95. The summed E-state index contributed by atoms with van der Waals surface area (Å²) in [6.45, 7) is 4.73. The van der Waals surface area contributed by atoms with Gasteiger partial charge in [0.2, 0.25) is 11.8 Å². The lowest BCUT2D eigenvalue weighted by molar-refractivity contribution is -0.157. The zero-order valence-electron chi connectivity index (χ0n) is 16.3. The number of nitrogens with zero attached hydrogens (tertiary/aromatic N) is 2. The summed E-state index contributed by atoms with van der Waals surface area (Å²) >= 11 is 0. The molecule has 146 valence electrons. The van der Waals surface area contributed by atoms with E-state index in [0.717, 1.165) is 11.1 Å². The van der Waals surface area contributed by atoms with Crippen LogP contribution in [0, 0.1) is 0 Å². The Morgan fingerprint density at radius 1 is 0.750 bits per heavy atom. The first-order valence-corrected chi connectivity index (χ1v) is 9.69. The molecule has 5 heteroatoms. The summed E-state index contributed by atoms with van der Waals surface area (Å²) in [6, 6.07) is 19.6. The molecule has 2 aliphatic heterocycles. The van der Waals surface area contributed by atoms with Gasteiger partial charge in [-0.2, -0.15) is 0 Å².